The summed E-state index contributed by atoms with van der Waals surface area (Å²) in [5.74, 6) is 0.590. The average Bonchev–Trinajstić information content (AvgIpc) is 2.71. The molecule has 0 spiro atoms. The van der Waals surface area contributed by atoms with Crippen molar-refractivity contribution < 1.29 is 4.74 Å². The van der Waals surface area contributed by atoms with Gasteiger partial charge in [0.05, 0.1) is 5.69 Å². The third-order valence-corrected chi connectivity index (χ3v) is 4.30. The van der Waals surface area contributed by atoms with Crippen LogP contribution in [0, 0.1) is 0 Å². The predicted octanol–water partition coefficient (Wildman–Crippen LogP) is 4.16. The number of fused-ring (bicyclic) bond motifs is 1. The van der Waals surface area contributed by atoms with Crippen molar-refractivity contribution in [3.05, 3.63) is 107 Å². The van der Waals surface area contributed by atoms with Crippen molar-refractivity contribution in [2.24, 2.45) is 0 Å². The van der Waals surface area contributed by atoms with Crippen LogP contribution < -0.4 is 10.4 Å². The topological polar surface area (TPSA) is 22.1 Å². The van der Waals surface area contributed by atoms with Crippen LogP contribution >= 0.6 is 0 Å². The number of ether oxygens (including phenoxy) is 1. The molecule has 0 amide bonds. The highest BCUT2D eigenvalue weighted by Gasteiger charge is 2.19. The van der Waals surface area contributed by atoms with Gasteiger partial charge in [0.15, 0.2) is 0 Å². The highest BCUT2D eigenvalue weighted by molar-refractivity contribution is 5.76. The summed E-state index contributed by atoms with van der Waals surface area (Å²) >= 11 is 0. The second-order valence-corrected chi connectivity index (χ2v) is 6.25. The largest absolute Gasteiger partial charge is 0.482 e. The van der Waals surface area contributed by atoms with E-state index in [9.17, 15) is 0 Å². The summed E-state index contributed by atoms with van der Waals surface area (Å²) in [7, 11) is 0. The molecule has 130 valence electrons. The van der Waals surface area contributed by atoms with Gasteiger partial charge in [0.25, 0.3) is 0 Å². The Morgan fingerprint density at radius 1 is 1.00 bits per heavy atom. The van der Waals surface area contributed by atoms with Gasteiger partial charge < -0.3 is 4.74 Å². The van der Waals surface area contributed by atoms with E-state index in [-0.39, 0.29) is 6.10 Å². The molecule has 2 heterocycles. The van der Waals surface area contributed by atoms with Crippen molar-refractivity contribution in [1.82, 2.24) is 4.98 Å². The highest BCUT2D eigenvalue weighted by Crippen LogP contribution is 2.28. The monoisotopic (exact) mass is 341 g/mol. The maximum atomic E-state index is 6.18. The van der Waals surface area contributed by atoms with Gasteiger partial charge in [0.1, 0.15) is 11.9 Å². The molecule has 2 nitrogen and oxygen atoms in total. The molecule has 0 N–H and O–H groups in total. The lowest BCUT2D eigenvalue weighted by atomic mass is 9.97. The quantitative estimate of drug-likeness (QED) is 0.716. The van der Waals surface area contributed by atoms with Crippen LogP contribution in [0.1, 0.15) is 18.5 Å². The van der Waals surface area contributed by atoms with Crippen LogP contribution in [0.15, 0.2) is 90.9 Å². The number of rotatable bonds is 1. The second-order valence-electron chi connectivity index (χ2n) is 6.25. The van der Waals surface area contributed by atoms with E-state index in [0.29, 0.717) is 5.76 Å². The zero-order valence-electron chi connectivity index (χ0n) is 14.9. The molecule has 1 atom stereocenters. The molecule has 0 saturated heterocycles. The van der Waals surface area contributed by atoms with Gasteiger partial charge in [-0.05, 0) is 47.1 Å². The zero-order chi connectivity index (χ0) is 18.4. The Labute approximate surface area is 154 Å². The predicted molar refractivity (Wildman–Crippen MR) is 110 cm³/mol. The molecule has 0 bridgehead atoms. The molecule has 1 aliphatic heterocycles. The van der Waals surface area contributed by atoms with Gasteiger partial charge in [0, 0.05) is 11.8 Å². The van der Waals surface area contributed by atoms with Crippen LogP contribution in [0.2, 0.25) is 0 Å². The molecular formula is C24H23NO. The van der Waals surface area contributed by atoms with Crippen LogP contribution in [0.4, 0.5) is 0 Å². The summed E-state index contributed by atoms with van der Waals surface area (Å²) < 4.78 is 6.18. The lowest BCUT2D eigenvalue weighted by Gasteiger charge is -2.23. The highest BCUT2D eigenvalue weighted by atomic mass is 16.5. The molecule has 1 aromatic heterocycles. The van der Waals surface area contributed by atoms with Crippen LogP contribution in [-0.4, -0.2) is 11.1 Å². The molecule has 1 aliphatic carbocycles. The van der Waals surface area contributed by atoms with Gasteiger partial charge in [0.2, 0.25) is 0 Å². The minimum absolute atomic E-state index is 0.0791. The molecule has 1 aromatic rings. The van der Waals surface area contributed by atoms with E-state index in [0.717, 1.165) is 34.5 Å². The van der Waals surface area contributed by atoms with Crippen LogP contribution in [0.3, 0.4) is 0 Å². The molecule has 2 aliphatic rings. The lowest BCUT2D eigenvalue weighted by Crippen LogP contribution is -2.17. The fourth-order valence-electron chi connectivity index (χ4n) is 2.90. The standard InChI is InChI=1S/C24H23NO/c1-18-10-4-5-11-19(2)24(25-17-16-18)22-14-8-6-12-21-13-7-9-15-23(21)26-20(22)3/h4-6,8-12,14-17,23H,1-3,7,13H2/b8-6-,10-4?,11-5?,17-16?,21-12+,22-14+,25-24?. The zero-order valence-corrected chi connectivity index (χ0v) is 14.9. The number of aromatic nitrogens is 1. The summed E-state index contributed by atoms with van der Waals surface area (Å²) in [4.78, 5) is 4.61. The Kier molecular flexibility index (Phi) is 5.65. The summed E-state index contributed by atoms with van der Waals surface area (Å²) in [6, 6.07) is 9.58. The molecular weight excluding hydrogens is 318 g/mol. The van der Waals surface area contributed by atoms with E-state index in [1.54, 1.807) is 6.20 Å². The third-order valence-electron chi connectivity index (χ3n) is 4.30. The van der Waals surface area contributed by atoms with Gasteiger partial charge >= 0.3 is 0 Å². The van der Waals surface area contributed by atoms with E-state index in [2.05, 4.69) is 42.9 Å². The SMILES string of the molecule is C=C1OC2C=CCC\C2=C/C=C\C=C/1c1nccc(=C)ccccc1=C. The van der Waals surface area contributed by atoms with E-state index >= 15 is 0 Å². The van der Waals surface area contributed by atoms with Gasteiger partial charge in [-0.2, -0.15) is 0 Å². The molecule has 2 heteroatoms. The van der Waals surface area contributed by atoms with Crippen molar-refractivity contribution in [2.75, 3.05) is 0 Å². The first kappa shape index (κ1) is 17.7. The molecule has 1 unspecified atom stereocenters. The van der Waals surface area contributed by atoms with E-state index in [4.69, 9.17) is 4.74 Å². The first-order valence-corrected chi connectivity index (χ1v) is 8.73. The smallest absolute Gasteiger partial charge is 0.138 e. The van der Waals surface area contributed by atoms with Crippen molar-refractivity contribution in [3.63, 3.8) is 0 Å². The van der Waals surface area contributed by atoms with Crippen LogP contribution in [0.5, 0.6) is 0 Å². The maximum Gasteiger partial charge on any atom is 0.138 e. The van der Waals surface area contributed by atoms with Gasteiger partial charge in [-0.15, -0.1) is 0 Å². The Balaban J connectivity index is 2.11. The first-order valence-electron chi connectivity index (χ1n) is 8.73. The minimum atomic E-state index is -0.0791. The van der Waals surface area contributed by atoms with E-state index in [1.807, 2.05) is 48.6 Å². The second kappa shape index (κ2) is 8.30. The number of hydrogen-bond acceptors (Lipinski definition) is 2. The van der Waals surface area contributed by atoms with Crippen molar-refractivity contribution in [1.29, 1.82) is 0 Å². The minimum Gasteiger partial charge on any atom is -0.482 e. The van der Waals surface area contributed by atoms with Crippen LogP contribution in [-0.2, 0) is 4.74 Å². The average molecular weight is 341 g/mol. The Morgan fingerprint density at radius 2 is 1.81 bits per heavy atom. The first-order chi connectivity index (χ1) is 12.6. The Bertz CT molecular complexity index is 977. The molecule has 0 aromatic carbocycles. The fraction of sp³-hybridized carbons (Fsp3) is 0.125. The fourth-order valence-corrected chi connectivity index (χ4v) is 2.90. The van der Waals surface area contributed by atoms with Gasteiger partial charge in [-0.25, -0.2) is 0 Å². The maximum absolute atomic E-state index is 6.18. The Hall–Kier alpha value is -3.13. The van der Waals surface area contributed by atoms with Crippen molar-refractivity contribution in [2.45, 2.75) is 18.9 Å². The summed E-state index contributed by atoms with van der Waals surface area (Å²) in [5, 5.41) is 1.67. The number of hydrogen-bond donors (Lipinski definition) is 0. The number of nitrogens with zero attached hydrogens (tertiary/aromatic N) is 1. The van der Waals surface area contributed by atoms with E-state index < -0.39 is 0 Å². The van der Waals surface area contributed by atoms with Gasteiger partial charge in [-0.3, -0.25) is 4.98 Å². The molecule has 0 fully saturated rings. The molecule has 0 radical (unpaired) electrons. The van der Waals surface area contributed by atoms with Gasteiger partial charge in [-0.1, -0.05) is 68.3 Å². The number of allylic oxidation sites excluding steroid dienone is 6. The van der Waals surface area contributed by atoms with Crippen molar-refractivity contribution in [3.8, 4) is 0 Å². The van der Waals surface area contributed by atoms with Crippen molar-refractivity contribution >= 4 is 18.7 Å². The van der Waals surface area contributed by atoms with Crippen LogP contribution in [0.25, 0.3) is 18.7 Å². The Morgan fingerprint density at radius 3 is 2.69 bits per heavy atom. The lowest BCUT2D eigenvalue weighted by molar-refractivity contribution is 0.192. The molecule has 0 saturated carbocycles. The summed E-state index contributed by atoms with van der Waals surface area (Å²) in [5.41, 5.74) is 2.82. The molecule has 3 rings (SSSR count). The summed E-state index contributed by atoms with van der Waals surface area (Å²) in [6.07, 6.45) is 16.1. The third kappa shape index (κ3) is 4.28. The summed E-state index contributed by atoms with van der Waals surface area (Å²) in [6.45, 7) is 12.3. The van der Waals surface area contributed by atoms with E-state index in [1.165, 1.54) is 5.57 Å². The molecule has 26 heavy (non-hydrogen) atoms. The normalized spacial score (nSPS) is 24.2.